The summed E-state index contributed by atoms with van der Waals surface area (Å²) in [5.74, 6) is -8.30. The fourth-order valence-electron chi connectivity index (χ4n) is 6.30. The number of benzene rings is 1. The molecular formula is C23H22N4O7. The first-order chi connectivity index (χ1) is 16.1. The van der Waals surface area contributed by atoms with Gasteiger partial charge in [0.15, 0.2) is 0 Å². The van der Waals surface area contributed by atoms with Gasteiger partial charge in [-0.2, -0.15) is 9.80 Å². The zero-order chi connectivity index (χ0) is 24.6. The number of amides is 8. The summed E-state index contributed by atoms with van der Waals surface area (Å²) in [7, 11) is 0. The number of allylic oxidation sites excluding steroid dienone is 2. The second kappa shape index (κ2) is 7.24. The van der Waals surface area contributed by atoms with Gasteiger partial charge in [0.25, 0.3) is 0 Å². The fourth-order valence-corrected chi connectivity index (χ4v) is 6.30. The van der Waals surface area contributed by atoms with Crippen molar-refractivity contribution < 1.29 is 33.9 Å². The number of carbonyl (C=O) groups excluding carboxylic acids is 6. The summed E-state index contributed by atoms with van der Waals surface area (Å²) in [5, 5.41) is 10.9. The molecule has 8 amide bonds. The normalized spacial score (nSPS) is 32.3. The van der Waals surface area contributed by atoms with Crippen LogP contribution in [0.1, 0.15) is 29.9 Å². The van der Waals surface area contributed by atoms with E-state index in [0.29, 0.717) is 26.5 Å². The monoisotopic (exact) mass is 466 g/mol. The lowest BCUT2D eigenvalue weighted by Crippen LogP contribution is -2.44. The van der Waals surface area contributed by atoms with Crippen molar-refractivity contribution in [3.05, 3.63) is 41.0 Å². The number of aromatic hydroxyl groups is 1. The van der Waals surface area contributed by atoms with Crippen molar-refractivity contribution in [3.63, 3.8) is 0 Å². The summed E-state index contributed by atoms with van der Waals surface area (Å²) in [6.07, 6.45) is 1.89. The molecule has 1 saturated carbocycles. The molecule has 0 bridgehead atoms. The highest BCUT2D eigenvalue weighted by atomic mass is 16.3. The molecule has 0 radical (unpaired) electrons. The van der Waals surface area contributed by atoms with Crippen molar-refractivity contribution in [2.24, 2.45) is 41.1 Å². The van der Waals surface area contributed by atoms with Crippen molar-refractivity contribution in [1.29, 1.82) is 0 Å². The standard InChI is InChI=1S/C23H22N4O7/c1-8-3-2-4-10(17(8)28)14-9-5-6-11-15(20(31)26(18(11)29)22(24)33)12(9)7-13-16(14)21(32)27(19(13)30)23(25)34/h2-5,11-16,28H,6-7H2,1H3,(H2,24,33)(H2,25,34). The number of likely N-dealkylation sites (tertiary alicyclic amines) is 2. The molecule has 2 aliphatic carbocycles. The number of primary amides is 2. The van der Waals surface area contributed by atoms with Crippen LogP contribution in [0.5, 0.6) is 5.75 Å². The summed E-state index contributed by atoms with van der Waals surface area (Å²) in [4.78, 5) is 76.8. The highest BCUT2D eigenvalue weighted by Crippen LogP contribution is 2.58. The minimum atomic E-state index is -1.20. The Balaban J connectivity index is 1.69. The Morgan fingerprint density at radius 3 is 2.09 bits per heavy atom. The fraction of sp³-hybridized carbons (Fsp3) is 0.391. The maximum atomic E-state index is 13.2. The number of fused-ring (bicyclic) bond motifs is 4. The summed E-state index contributed by atoms with van der Waals surface area (Å²) in [5.41, 5.74) is 12.1. The molecule has 6 unspecified atom stereocenters. The Morgan fingerprint density at radius 2 is 1.47 bits per heavy atom. The van der Waals surface area contributed by atoms with Crippen LogP contribution >= 0.6 is 0 Å². The molecule has 2 heterocycles. The second-order valence-corrected chi connectivity index (χ2v) is 9.24. The van der Waals surface area contributed by atoms with Crippen LogP contribution in [0.3, 0.4) is 0 Å². The van der Waals surface area contributed by atoms with Crippen LogP contribution < -0.4 is 11.5 Å². The quantitative estimate of drug-likeness (QED) is 0.398. The molecule has 0 aromatic heterocycles. The highest BCUT2D eigenvalue weighted by molar-refractivity contribution is 6.18. The number of hydrogen-bond acceptors (Lipinski definition) is 7. The van der Waals surface area contributed by atoms with E-state index in [4.69, 9.17) is 11.5 Å². The average Bonchev–Trinajstić information content (AvgIpc) is 3.18. The molecule has 11 heteroatoms. The smallest absolute Gasteiger partial charge is 0.328 e. The van der Waals surface area contributed by atoms with Gasteiger partial charge in [0, 0.05) is 11.5 Å². The first-order valence-corrected chi connectivity index (χ1v) is 10.9. The van der Waals surface area contributed by atoms with Crippen LogP contribution in [0.2, 0.25) is 0 Å². The number of nitrogens with zero attached hydrogens (tertiary/aromatic N) is 2. The molecule has 0 spiro atoms. The Bertz CT molecular complexity index is 1240. The minimum absolute atomic E-state index is 0.0146. The lowest BCUT2D eigenvalue weighted by Gasteiger charge is -2.44. The zero-order valence-electron chi connectivity index (χ0n) is 18.1. The Morgan fingerprint density at radius 1 is 0.882 bits per heavy atom. The molecule has 34 heavy (non-hydrogen) atoms. The summed E-state index contributed by atoms with van der Waals surface area (Å²) in [6, 6.07) is 2.64. The average molecular weight is 466 g/mol. The summed E-state index contributed by atoms with van der Waals surface area (Å²) >= 11 is 0. The third-order valence-electron chi connectivity index (χ3n) is 7.69. The summed E-state index contributed by atoms with van der Waals surface area (Å²) in [6.45, 7) is 1.68. The molecule has 1 aromatic rings. The maximum Gasteiger partial charge on any atom is 0.328 e. The van der Waals surface area contributed by atoms with Gasteiger partial charge >= 0.3 is 12.1 Å². The molecular weight excluding hydrogens is 444 g/mol. The van der Waals surface area contributed by atoms with E-state index in [9.17, 15) is 33.9 Å². The molecule has 11 nitrogen and oxygen atoms in total. The Hall–Kier alpha value is -4.02. The summed E-state index contributed by atoms with van der Waals surface area (Å²) < 4.78 is 0. The number of para-hydroxylation sites is 1. The molecule has 4 aliphatic rings. The minimum Gasteiger partial charge on any atom is -0.507 e. The van der Waals surface area contributed by atoms with E-state index in [-0.39, 0.29) is 18.6 Å². The van der Waals surface area contributed by atoms with Gasteiger partial charge in [-0.3, -0.25) is 19.2 Å². The number of aryl methyl sites for hydroxylation is 1. The molecule has 2 aliphatic heterocycles. The van der Waals surface area contributed by atoms with Gasteiger partial charge in [-0.05, 0) is 31.2 Å². The first kappa shape index (κ1) is 21.8. The predicted octanol–water partition coefficient (Wildman–Crippen LogP) is 0.494. The van der Waals surface area contributed by atoms with Gasteiger partial charge in [-0.25, -0.2) is 9.59 Å². The molecule has 176 valence electrons. The number of imide groups is 6. The Labute approximate surface area is 193 Å². The number of phenolic OH excluding ortho intramolecular Hbond substituents is 1. The second-order valence-electron chi connectivity index (χ2n) is 9.24. The van der Waals surface area contributed by atoms with Crippen molar-refractivity contribution in [2.45, 2.75) is 25.7 Å². The Kier molecular flexibility index (Phi) is 4.64. The van der Waals surface area contributed by atoms with E-state index in [1.165, 1.54) is 0 Å². The van der Waals surface area contributed by atoms with Crippen LogP contribution in [0.25, 0.3) is 0 Å². The van der Waals surface area contributed by atoms with Crippen molar-refractivity contribution >= 4 is 35.7 Å². The van der Waals surface area contributed by atoms with E-state index in [1.807, 2.05) is 0 Å². The molecule has 6 atom stereocenters. The van der Waals surface area contributed by atoms with E-state index < -0.39 is 71.2 Å². The van der Waals surface area contributed by atoms with Gasteiger partial charge in [0.05, 0.1) is 23.7 Å². The van der Waals surface area contributed by atoms with Crippen LogP contribution in [-0.4, -0.2) is 50.6 Å². The topological polar surface area (TPSA) is 181 Å². The molecule has 2 saturated heterocycles. The largest absolute Gasteiger partial charge is 0.507 e. The van der Waals surface area contributed by atoms with Crippen LogP contribution in [0.15, 0.2) is 29.8 Å². The number of urea groups is 2. The third kappa shape index (κ3) is 2.69. The van der Waals surface area contributed by atoms with E-state index in [0.717, 1.165) is 0 Å². The van der Waals surface area contributed by atoms with E-state index in [1.54, 1.807) is 31.2 Å². The van der Waals surface area contributed by atoms with Gasteiger partial charge in [0.2, 0.25) is 23.6 Å². The maximum absolute atomic E-state index is 13.2. The molecule has 5 rings (SSSR count). The van der Waals surface area contributed by atoms with Crippen molar-refractivity contribution in [2.75, 3.05) is 0 Å². The molecule has 1 aromatic carbocycles. The first-order valence-electron chi connectivity index (χ1n) is 10.9. The lowest BCUT2D eigenvalue weighted by molar-refractivity contribution is -0.138. The highest BCUT2D eigenvalue weighted by Gasteiger charge is 2.63. The third-order valence-corrected chi connectivity index (χ3v) is 7.69. The van der Waals surface area contributed by atoms with Gasteiger partial charge in [0.1, 0.15) is 5.75 Å². The predicted molar refractivity (Wildman–Crippen MR) is 113 cm³/mol. The zero-order valence-corrected chi connectivity index (χ0v) is 18.1. The van der Waals surface area contributed by atoms with Crippen LogP contribution in [0.4, 0.5) is 9.59 Å². The number of carbonyl (C=O) groups is 6. The van der Waals surface area contributed by atoms with Gasteiger partial charge in [-0.15, -0.1) is 0 Å². The van der Waals surface area contributed by atoms with Crippen LogP contribution in [-0.2, 0) is 19.2 Å². The van der Waals surface area contributed by atoms with Crippen molar-refractivity contribution in [1.82, 2.24) is 9.80 Å². The van der Waals surface area contributed by atoms with Crippen LogP contribution in [0, 0.1) is 36.5 Å². The molecule has 5 N–H and O–H groups in total. The SMILES string of the molecule is Cc1cccc(C2C3=CCC4C(=O)N(C(N)=O)C(=O)C4C3CC3C(=O)N(C(N)=O)C(=O)C32)c1O. The number of hydrogen-bond donors (Lipinski definition) is 3. The van der Waals surface area contributed by atoms with Crippen molar-refractivity contribution in [3.8, 4) is 5.75 Å². The van der Waals surface area contributed by atoms with Gasteiger partial charge in [-0.1, -0.05) is 29.8 Å². The number of rotatable bonds is 1. The number of phenols is 1. The van der Waals surface area contributed by atoms with Gasteiger partial charge < -0.3 is 16.6 Å². The number of nitrogens with two attached hydrogens (primary N) is 2. The molecule has 3 fully saturated rings. The lowest BCUT2D eigenvalue weighted by atomic mass is 9.57. The van der Waals surface area contributed by atoms with E-state index in [2.05, 4.69) is 0 Å². The van der Waals surface area contributed by atoms with E-state index >= 15 is 0 Å².